The van der Waals surface area contributed by atoms with E-state index in [4.69, 9.17) is 11.6 Å². The Bertz CT molecular complexity index is 1230. The summed E-state index contributed by atoms with van der Waals surface area (Å²) in [4.78, 5) is 4.69. The summed E-state index contributed by atoms with van der Waals surface area (Å²) in [7, 11) is -3.70. The molecule has 3 aromatic carbocycles. The maximum atomic E-state index is 13.1. The van der Waals surface area contributed by atoms with E-state index in [1.165, 1.54) is 3.97 Å². The van der Waals surface area contributed by atoms with Crippen molar-refractivity contribution in [2.75, 3.05) is 0 Å². The first-order chi connectivity index (χ1) is 13.1. The molecule has 0 saturated heterocycles. The summed E-state index contributed by atoms with van der Waals surface area (Å²) in [6.07, 6.45) is 3.27. The molecular formula is C21H15ClN2O2S. The second-order valence-electron chi connectivity index (χ2n) is 5.95. The van der Waals surface area contributed by atoms with Crippen LogP contribution in [0.5, 0.6) is 0 Å². The van der Waals surface area contributed by atoms with Crippen molar-refractivity contribution < 1.29 is 8.42 Å². The molecular weight excluding hydrogens is 380 g/mol. The predicted molar refractivity (Wildman–Crippen MR) is 110 cm³/mol. The smallest absolute Gasteiger partial charge is 0.256 e. The van der Waals surface area contributed by atoms with Gasteiger partial charge >= 0.3 is 0 Å². The number of halogens is 1. The molecule has 4 aromatic rings. The second-order valence-corrected chi connectivity index (χ2v) is 8.20. The van der Waals surface area contributed by atoms with Crippen LogP contribution in [0.4, 0.5) is 5.69 Å². The third-order valence-electron chi connectivity index (χ3n) is 4.19. The topological polar surface area (TPSA) is 51.4 Å². The van der Waals surface area contributed by atoms with Gasteiger partial charge in [0.05, 0.1) is 16.1 Å². The molecule has 6 heteroatoms. The molecule has 134 valence electrons. The Morgan fingerprint density at radius 2 is 1.52 bits per heavy atom. The minimum atomic E-state index is -3.70. The largest absolute Gasteiger partial charge is 0.268 e. The Morgan fingerprint density at radius 1 is 0.852 bits per heavy atom. The van der Waals surface area contributed by atoms with Crippen LogP contribution in [0.3, 0.4) is 0 Å². The van der Waals surface area contributed by atoms with Crippen LogP contribution in [-0.4, -0.2) is 18.6 Å². The van der Waals surface area contributed by atoms with E-state index < -0.39 is 10.0 Å². The molecule has 0 radical (unpaired) electrons. The summed E-state index contributed by atoms with van der Waals surface area (Å²) in [5.41, 5.74) is 2.07. The zero-order valence-electron chi connectivity index (χ0n) is 14.2. The molecule has 0 N–H and O–H groups in total. The Labute approximate surface area is 162 Å². The monoisotopic (exact) mass is 394 g/mol. The van der Waals surface area contributed by atoms with Gasteiger partial charge in [-0.1, -0.05) is 48.0 Å². The van der Waals surface area contributed by atoms with Gasteiger partial charge in [-0.15, -0.1) is 0 Å². The third-order valence-corrected chi connectivity index (χ3v) is 6.13. The van der Waals surface area contributed by atoms with Crippen LogP contribution in [-0.2, 0) is 10.0 Å². The first-order valence-corrected chi connectivity index (χ1v) is 10.1. The van der Waals surface area contributed by atoms with Gasteiger partial charge in [-0.3, -0.25) is 4.99 Å². The van der Waals surface area contributed by atoms with Crippen LogP contribution in [0, 0.1) is 0 Å². The Morgan fingerprint density at radius 3 is 2.26 bits per heavy atom. The number of fused-ring (bicyclic) bond motifs is 1. The van der Waals surface area contributed by atoms with Crippen molar-refractivity contribution in [3.05, 3.63) is 95.6 Å². The summed E-state index contributed by atoms with van der Waals surface area (Å²) >= 11 is 5.90. The molecule has 0 spiro atoms. The summed E-state index contributed by atoms with van der Waals surface area (Å²) in [5.74, 6) is 0. The van der Waals surface area contributed by atoms with Crippen molar-refractivity contribution in [3.8, 4) is 0 Å². The van der Waals surface area contributed by atoms with Crippen molar-refractivity contribution in [3.63, 3.8) is 0 Å². The summed E-state index contributed by atoms with van der Waals surface area (Å²) < 4.78 is 27.5. The molecule has 0 bridgehead atoms. The van der Waals surface area contributed by atoms with Gasteiger partial charge in [0, 0.05) is 28.4 Å². The lowest BCUT2D eigenvalue weighted by atomic mass is 10.2. The predicted octanol–water partition coefficient (Wildman–Crippen LogP) is 5.28. The summed E-state index contributed by atoms with van der Waals surface area (Å²) in [6.45, 7) is 0. The average Bonchev–Trinajstić information content (AvgIpc) is 3.08. The van der Waals surface area contributed by atoms with Gasteiger partial charge in [0.2, 0.25) is 0 Å². The van der Waals surface area contributed by atoms with Crippen molar-refractivity contribution in [2.24, 2.45) is 4.99 Å². The zero-order valence-corrected chi connectivity index (χ0v) is 15.7. The van der Waals surface area contributed by atoms with Crippen LogP contribution in [0.2, 0.25) is 5.02 Å². The Balaban J connectivity index is 1.83. The zero-order chi connectivity index (χ0) is 18.9. The lowest BCUT2D eigenvalue weighted by molar-refractivity contribution is 0.589. The highest BCUT2D eigenvalue weighted by atomic mass is 35.5. The fourth-order valence-electron chi connectivity index (χ4n) is 2.85. The number of nitrogens with zero attached hydrogens (tertiary/aromatic N) is 2. The number of aromatic nitrogens is 1. The van der Waals surface area contributed by atoms with E-state index in [-0.39, 0.29) is 4.90 Å². The molecule has 0 aliphatic heterocycles. The minimum absolute atomic E-state index is 0.243. The van der Waals surface area contributed by atoms with Crippen LogP contribution < -0.4 is 0 Å². The van der Waals surface area contributed by atoms with Crippen molar-refractivity contribution in [2.45, 2.75) is 4.90 Å². The van der Waals surface area contributed by atoms with E-state index in [1.807, 2.05) is 18.2 Å². The highest BCUT2D eigenvalue weighted by Gasteiger charge is 2.20. The molecule has 0 saturated carbocycles. The van der Waals surface area contributed by atoms with E-state index in [0.29, 0.717) is 10.5 Å². The highest BCUT2D eigenvalue weighted by molar-refractivity contribution is 7.90. The van der Waals surface area contributed by atoms with E-state index >= 15 is 0 Å². The Hall–Kier alpha value is -2.89. The molecule has 4 rings (SSSR count). The number of rotatable bonds is 4. The third kappa shape index (κ3) is 3.39. The molecule has 4 nitrogen and oxygen atoms in total. The van der Waals surface area contributed by atoms with Gasteiger partial charge in [0.15, 0.2) is 0 Å². The Kier molecular flexibility index (Phi) is 4.56. The normalized spacial score (nSPS) is 12.0. The van der Waals surface area contributed by atoms with Gasteiger partial charge < -0.3 is 0 Å². The molecule has 1 heterocycles. The van der Waals surface area contributed by atoms with Crippen molar-refractivity contribution in [1.82, 2.24) is 3.97 Å². The first-order valence-electron chi connectivity index (χ1n) is 8.26. The van der Waals surface area contributed by atoms with Crippen LogP contribution >= 0.6 is 11.6 Å². The van der Waals surface area contributed by atoms with Crippen molar-refractivity contribution >= 4 is 44.4 Å². The number of para-hydroxylation sites is 1. The lowest BCUT2D eigenvalue weighted by Gasteiger charge is -2.07. The fourth-order valence-corrected chi connectivity index (χ4v) is 4.38. The van der Waals surface area contributed by atoms with E-state index in [1.54, 1.807) is 73.1 Å². The van der Waals surface area contributed by atoms with E-state index in [0.717, 1.165) is 16.6 Å². The summed E-state index contributed by atoms with van der Waals surface area (Å²) in [6, 6.07) is 22.9. The quantitative estimate of drug-likeness (QED) is 0.442. The van der Waals surface area contributed by atoms with Gasteiger partial charge in [-0.25, -0.2) is 12.4 Å². The molecule has 0 fully saturated rings. The van der Waals surface area contributed by atoms with Gasteiger partial charge in [-0.05, 0) is 42.5 Å². The molecule has 27 heavy (non-hydrogen) atoms. The standard InChI is InChI=1S/C21H15ClN2O2S/c22-17-10-12-18(13-11-17)23-14-16-15-24(21-9-5-4-8-20(16)21)27(25,26)19-6-2-1-3-7-19/h1-15H. The minimum Gasteiger partial charge on any atom is -0.256 e. The lowest BCUT2D eigenvalue weighted by Crippen LogP contribution is -2.11. The second kappa shape index (κ2) is 7.02. The maximum Gasteiger partial charge on any atom is 0.268 e. The summed E-state index contributed by atoms with van der Waals surface area (Å²) in [5, 5.41) is 1.45. The van der Waals surface area contributed by atoms with Crippen LogP contribution in [0.1, 0.15) is 5.56 Å². The number of benzene rings is 3. The maximum absolute atomic E-state index is 13.1. The van der Waals surface area contributed by atoms with Gasteiger partial charge in [0.1, 0.15) is 0 Å². The highest BCUT2D eigenvalue weighted by Crippen LogP contribution is 2.26. The molecule has 0 atom stereocenters. The number of hydrogen-bond donors (Lipinski definition) is 0. The molecule has 0 unspecified atom stereocenters. The SMILES string of the molecule is O=S(=O)(c1ccccc1)n1cc(C=Nc2ccc(Cl)cc2)c2ccccc21. The van der Waals surface area contributed by atoms with Gasteiger partial charge in [-0.2, -0.15) is 0 Å². The number of aliphatic imine (C=N–C) groups is 1. The van der Waals surface area contributed by atoms with Crippen molar-refractivity contribution in [1.29, 1.82) is 0 Å². The van der Waals surface area contributed by atoms with Crippen LogP contribution in [0.25, 0.3) is 10.9 Å². The number of hydrogen-bond acceptors (Lipinski definition) is 3. The average molecular weight is 395 g/mol. The van der Waals surface area contributed by atoms with E-state index in [2.05, 4.69) is 4.99 Å². The van der Waals surface area contributed by atoms with Gasteiger partial charge in [0.25, 0.3) is 10.0 Å². The first kappa shape index (κ1) is 17.5. The fraction of sp³-hybridized carbons (Fsp3) is 0. The molecule has 0 amide bonds. The van der Waals surface area contributed by atoms with E-state index in [9.17, 15) is 8.42 Å². The molecule has 0 aliphatic carbocycles. The van der Waals surface area contributed by atoms with Crippen LogP contribution in [0.15, 0.2) is 94.9 Å². The molecule has 1 aromatic heterocycles. The molecule has 0 aliphatic rings.